The number of rotatable bonds is 4. The van der Waals surface area contributed by atoms with Crippen LogP contribution in [0, 0.1) is 5.92 Å². The Morgan fingerprint density at radius 3 is 2.62 bits per heavy atom. The molecule has 1 aliphatic heterocycles. The minimum absolute atomic E-state index is 0.272. The number of pyridine rings is 1. The fourth-order valence-corrected chi connectivity index (χ4v) is 3.54. The van der Waals surface area contributed by atoms with Crippen molar-refractivity contribution in [3.05, 3.63) is 30.1 Å². The molecule has 8 nitrogen and oxygen atoms in total. The van der Waals surface area contributed by atoms with Crippen molar-refractivity contribution in [2.24, 2.45) is 11.7 Å². The molecular formula is C18H24F3N3O5. The van der Waals surface area contributed by atoms with Gasteiger partial charge in [-0.25, -0.2) is 9.59 Å². The van der Waals surface area contributed by atoms with Crippen LogP contribution in [0.3, 0.4) is 0 Å². The summed E-state index contributed by atoms with van der Waals surface area (Å²) in [5.41, 5.74) is 6.28. The Morgan fingerprint density at radius 1 is 1.38 bits per heavy atom. The Balaban J connectivity index is 0.000000370. The fourth-order valence-electron chi connectivity index (χ4n) is 3.54. The zero-order chi connectivity index (χ0) is 21.5. The molecule has 0 unspecified atom stereocenters. The van der Waals surface area contributed by atoms with Crippen LogP contribution in [0.5, 0.6) is 0 Å². The van der Waals surface area contributed by atoms with Gasteiger partial charge in [0.15, 0.2) is 0 Å². The summed E-state index contributed by atoms with van der Waals surface area (Å²) >= 11 is 0. The van der Waals surface area contributed by atoms with Gasteiger partial charge in [0.05, 0.1) is 32.0 Å². The number of hydrogen-bond donors (Lipinski definition) is 2. The summed E-state index contributed by atoms with van der Waals surface area (Å²) in [7, 11) is 0. The number of carbonyl (C=O) groups excluding carboxylic acids is 1. The third kappa shape index (κ3) is 6.57. The predicted molar refractivity (Wildman–Crippen MR) is 94.8 cm³/mol. The summed E-state index contributed by atoms with van der Waals surface area (Å²) in [6.07, 6.45) is 1.61. The van der Waals surface area contributed by atoms with Crippen LogP contribution < -0.4 is 5.73 Å². The summed E-state index contributed by atoms with van der Waals surface area (Å²) in [5.74, 6) is -2.44. The standard InChI is InChI=1S/C16H23N3O3.C2HF3O2/c17-15(20)19-8-9-22-16(12-19)5-1-2-14(16)11-21-10-13-3-6-18-7-4-13;3-2(4,5)1(6)7/h3-4,6-7,14H,1-2,5,8-12H2,(H2,17,20);(H,6,7)/t14-,16-;/m1./s1. The minimum atomic E-state index is -5.08. The maximum atomic E-state index is 11.5. The molecule has 29 heavy (non-hydrogen) atoms. The van der Waals surface area contributed by atoms with Crippen molar-refractivity contribution in [1.29, 1.82) is 0 Å². The number of ether oxygens (including phenoxy) is 2. The van der Waals surface area contributed by atoms with Crippen LogP contribution in [-0.2, 0) is 20.9 Å². The molecule has 0 radical (unpaired) electrons. The van der Waals surface area contributed by atoms with Crippen molar-refractivity contribution in [2.45, 2.75) is 37.6 Å². The summed E-state index contributed by atoms with van der Waals surface area (Å²) < 4.78 is 43.7. The Labute approximate surface area is 165 Å². The summed E-state index contributed by atoms with van der Waals surface area (Å²) in [5, 5.41) is 7.12. The largest absolute Gasteiger partial charge is 0.490 e. The van der Waals surface area contributed by atoms with Gasteiger partial charge in [0.2, 0.25) is 0 Å². The predicted octanol–water partition coefficient (Wildman–Crippen LogP) is 2.18. The molecule has 2 fully saturated rings. The van der Waals surface area contributed by atoms with Gasteiger partial charge in [-0.3, -0.25) is 4.98 Å². The number of morpholine rings is 1. The van der Waals surface area contributed by atoms with E-state index in [2.05, 4.69) is 4.98 Å². The van der Waals surface area contributed by atoms with Gasteiger partial charge in [0.25, 0.3) is 0 Å². The molecule has 3 rings (SSSR count). The lowest BCUT2D eigenvalue weighted by molar-refractivity contribution is -0.192. The molecule has 0 aromatic carbocycles. The van der Waals surface area contributed by atoms with Crippen LogP contribution in [0.4, 0.5) is 18.0 Å². The number of amides is 2. The van der Waals surface area contributed by atoms with Crippen molar-refractivity contribution in [3.63, 3.8) is 0 Å². The van der Waals surface area contributed by atoms with E-state index in [1.165, 1.54) is 0 Å². The quantitative estimate of drug-likeness (QED) is 0.773. The average molecular weight is 419 g/mol. The number of primary amides is 1. The van der Waals surface area contributed by atoms with E-state index in [9.17, 15) is 18.0 Å². The monoisotopic (exact) mass is 419 g/mol. The van der Waals surface area contributed by atoms with Crippen LogP contribution in [0.2, 0.25) is 0 Å². The highest BCUT2D eigenvalue weighted by Crippen LogP contribution is 2.41. The molecule has 11 heteroatoms. The lowest BCUT2D eigenvalue weighted by atomic mass is 9.89. The van der Waals surface area contributed by atoms with Gasteiger partial charge in [-0.1, -0.05) is 6.42 Å². The molecule has 0 bridgehead atoms. The topological polar surface area (TPSA) is 115 Å². The number of aromatic nitrogens is 1. The molecule has 1 aromatic heterocycles. The van der Waals surface area contributed by atoms with Gasteiger partial charge in [0, 0.05) is 24.9 Å². The summed E-state index contributed by atoms with van der Waals surface area (Å²) in [6, 6.07) is 3.55. The van der Waals surface area contributed by atoms with Crippen LogP contribution in [0.15, 0.2) is 24.5 Å². The van der Waals surface area contributed by atoms with E-state index in [1.807, 2.05) is 12.1 Å². The molecule has 2 atom stereocenters. The van der Waals surface area contributed by atoms with E-state index in [-0.39, 0.29) is 11.6 Å². The second-order valence-corrected chi connectivity index (χ2v) is 6.94. The Morgan fingerprint density at radius 2 is 2.03 bits per heavy atom. The third-order valence-corrected chi connectivity index (χ3v) is 5.00. The van der Waals surface area contributed by atoms with E-state index in [4.69, 9.17) is 25.1 Å². The SMILES string of the molecule is NC(=O)N1CCO[C@]2(CCC[C@@H]2COCc2ccncc2)C1.O=C(O)C(F)(F)F. The first-order chi connectivity index (χ1) is 13.6. The van der Waals surface area contributed by atoms with Gasteiger partial charge in [0.1, 0.15) is 0 Å². The number of carboxylic acids is 1. The van der Waals surface area contributed by atoms with Crippen molar-refractivity contribution in [2.75, 3.05) is 26.3 Å². The van der Waals surface area contributed by atoms with E-state index < -0.39 is 12.1 Å². The first-order valence-electron chi connectivity index (χ1n) is 9.09. The highest BCUT2D eigenvalue weighted by molar-refractivity contribution is 5.73. The molecule has 162 valence electrons. The maximum Gasteiger partial charge on any atom is 0.490 e. The van der Waals surface area contributed by atoms with Crippen LogP contribution in [0.1, 0.15) is 24.8 Å². The fraction of sp³-hybridized carbons (Fsp3) is 0.611. The molecule has 2 amide bonds. The van der Waals surface area contributed by atoms with E-state index in [0.29, 0.717) is 38.8 Å². The molecule has 1 saturated carbocycles. The van der Waals surface area contributed by atoms with Crippen molar-refractivity contribution in [3.8, 4) is 0 Å². The van der Waals surface area contributed by atoms with E-state index in [0.717, 1.165) is 24.8 Å². The second kappa shape index (κ2) is 9.88. The molecule has 1 saturated heterocycles. The summed E-state index contributed by atoms with van der Waals surface area (Å²) in [4.78, 5) is 26.0. The number of nitrogens with zero attached hydrogens (tertiary/aromatic N) is 2. The number of carbonyl (C=O) groups is 2. The smallest absolute Gasteiger partial charge is 0.475 e. The highest BCUT2D eigenvalue weighted by Gasteiger charge is 2.47. The van der Waals surface area contributed by atoms with Crippen LogP contribution in [-0.4, -0.2) is 65.1 Å². The molecule has 2 aliphatic rings. The maximum absolute atomic E-state index is 11.5. The first kappa shape index (κ1) is 22.9. The Hall–Kier alpha value is -2.40. The number of urea groups is 1. The number of aliphatic carboxylic acids is 1. The van der Waals surface area contributed by atoms with Gasteiger partial charge >= 0.3 is 18.2 Å². The van der Waals surface area contributed by atoms with E-state index >= 15 is 0 Å². The van der Waals surface area contributed by atoms with Crippen molar-refractivity contribution in [1.82, 2.24) is 9.88 Å². The number of alkyl halides is 3. The minimum Gasteiger partial charge on any atom is -0.475 e. The van der Waals surface area contributed by atoms with Crippen LogP contribution in [0.25, 0.3) is 0 Å². The van der Waals surface area contributed by atoms with Crippen LogP contribution >= 0.6 is 0 Å². The average Bonchev–Trinajstić information content (AvgIpc) is 3.04. The normalized spacial score (nSPS) is 24.1. The molecule has 1 aliphatic carbocycles. The van der Waals surface area contributed by atoms with Crippen molar-refractivity contribution < 1.29 is 37.3 Å². The molecular weight excluding hydrogens is 395 g/mol. The van der Waals surface area contributed by atoms with Gasteiger partial charge in [-0.2, -0.15) is 13.2 Å². The van der Waals surface area contributed by atoms with Gasteiger partial charge < -0.3 is 25.2 Å². The number of carboxylic acid groups (broad SMARTS) is 1. The van der Waals surface area contributed by atoms with E-state index in [1.54, 1.807) is 17.3 Å². The number of halogens is 3. The second-order valence-electron chi connectivity index (χ2n) is 6.94. The lowest BCUT2D eigenvalue weighted by Gasteiger charge is -2.43. The Kier molecular flexibility index (Phi) is 7.80. The number of nitrogens with two attached hydrogens (primary N) is 1. The zero-order valence-corrected chi connectivity index (χ0v) is 15.7. The molecule has 1 spiro atoms. The zero-order valence-electron chi connectivity index (χ0n) is 15.7. The highest BCUT2D eigenvalue weighted by atomic mass is 19.4. The molecule has 2 heterocycles. The van der Waals surface area contributed by atoms with Gasteiger partial charge in [-0.05, 0) is 30.5 Å². The Bertz CT molecular complexity index is 689. The molecule has 3 N–H and O–H groups in total. The lowest BCUT2D eigenvalue weighted by Crippen LogP contribution is -2.57. The van der Waals surface area contributed by atoms with Gasteiger partial charge in [-0.15, -0.1) is 0 Å². The molecule has 1 aromatic rings. The number of hydrogen-bond acceptors (Lipinski definition) is 5. The third-order valence-electron chi connectivity index (χ3n) is 5.00. The summed E-state index contributed by atoms with van der Waals surface area (Å²) in [6.45, 7) is 2.96. The van der Waals surface area contributed by atoms with Crippen molar-refractivity contribution >= 4 is 12.0 Å². The first-order valence-corrected chi connectivity index (χ1v) is 9.09.